The van der Waals surface area contributed by atoms with Gasteiger partial charge in [0.2, 0.25) is 0 Å². The van der Waals surface area contributed by atoms with E-state index in [1.165, 1.54) is 16.5 Å². The summed E-state index contributed by atoms with van der Waals surface area (Å²) in [4.78, 5) is 0. The van der Waals surface area contributed by atoms with Gasteiger partial charge in [0.1, 0.15) is 0 Å². The van der Waals surface area contributed by atoms with E-state index in [1.807, 2.05) is 18.2 Å². The van der Waals surface area contributed by atoms with E-state index in [2.05, 4.69) is 47.2 Å². The lowest BCUT2D eigenvalue weighted by atomic mass is 10.1. The molecular formula is C18H17N3. The lowest BCUT2D eigenvalue weighted by molar-refractivity contribution is 0.827. The van der Waals surface area contributed by atoms with E-state index >= 15 is 0 Å². The molecule has 1 heterocycles. The molecule has 2 N–H and O–H groups in total. The Kier molecular flexibility index (Phi) is 3.72. The molecule has 104 valence electrons. The van der Waals surface area contributed by atoms with Gasteiger partial charge in [-0.1, -0.05) is 30.3 Å². The van der Waals surface area contributed by atoms with Crippen LogP contribution in [0.1, 0.15) is 16.7 Å². The molecule has 3 aromatic rings. The molecule has 0 aliphatic heterocycles. The molecule has 0 radical (unpaired) electrons. The molecular weight excluding hydrogens is 258 g/mol. The van der Waals surface area contributed by atoms with Crippen LogP contribution in [0.2, 0.25) is 0 Å². The van der Waals surface area contributed by atoms with Crippen molar-refractivity contribution in [3.63, 3.8) is 0 Å². The van der Waals surface area contributed by atoms with Crippen molar-refractivity contribution in [2.24, 2.45) is 5.73 Å². The maximum atomic E-state index is 9.00. The molecule has 0 spiro atoms. The molecule has 0 fully saturated rings. The predicted octanol–water partition coefficient (Wildman–Crippen LogP) is 3.06. The maximum absolute atomic E-state index is 9.00. The molecule has 3 heteroatoms. The van der Waals surface area contributed by atoms with Crippen molar-refractivity contribution in [1.82, 2.24) is 4.57 Å². The second-order valence-electron chi connectivity index (χ2n) is 5.15. The second-order valence-corrected chi connectivity index (χ2v) is 5.15. The van der Waals surface area contributed by atoms with Gasteiger partial charge in [-0.05, 0) is 42.3 Å². The quantitative estimate of drug-likeness (QED) is 0.795. The lowest BCUT2D eigenvalue weighted by Crippen LogP contribution is -2.02. The van der Waals surface area contributed by atoms with Gasteiger partial charge < -0.3 is 10.3 Å². The van der Waals surface area contributed by atoms with Gasteiger partial charge in [-0.25, -0.2) is 0 Å². The van der Waals surface area contributed by atoms with Crippen molar-refractivity contribution in [3.05, 3.63) is 71.4 Å². The summed E-state index contributed by atoms with van der Waals surface area (Å²) in [5, 5.41) is 10.3. The smallest absolute Gasteiger partial charge is 0.0991 e. The molecule has 0 atom stereocenters. The summed E-state index contributed by atoms with van der Waals surface area (Å²) in [7, 11) is 0. The lowest BCUT2D eigenvalue weighted by Gasteiger charge is -2.05. The summed E-state index contributed by atoms with van der Waals surface area (Å²) in [5.74, 6) is 0. The number of nitriles is 1. The third kappa shape index (κ3) is 2.67. The highest BCUT2D eigenvalue weighted by molar-refractivity contribution is 5.84. The fourth-order valence-electron chi connectivity index (χ4n) is 2.74. The van der Waals surface area contributed by atoms with Crippen LogP contribution in [0.4, 0.5) is 0 Å². The van der Waals surface area contributed by atoms with E-state index in [4.69, 9.17) is 11.0 Å². The van der Waals surface area contributed by atoms with Gasteiger partial charge in [0.15, 0.2) is 0 Å². The van der Waals surface area contributed by atoms with E-state index < -0.39 is 0 Å². The van der Waals surface area contributed by atoms with Gasteiger partial charge in [-0.15, -0.1) is 0 Å². The molecule has 3 nitrogen and oxygen atoms in total. The first-order valence-corrected chi connectivity index (χ1v) is 7.07. The fourth-order valence-corrected chi connectivity index (χ4v) is 2.74. The summed E-state index contributed by atoms with van der Waals surface area (Å²) < 4.78 is 2.23. The van der Waals surface area contributed by atoms with E-state index in [9.17, 15) is 0 Å². The first-order chi connectivity index (χ1) is 10.3. The molecule has 21 heavy (non-hydrogen) atoms. The highest BCUT2D eigenvalue weighted by Crippen LogP contribution is 2.22. The van der Waals surface area contributed by atoms with Crippen LogP contribution in [0.25, 0.3) is 10.9 Å². The molecule has 0 saturated heterocycles. The molecule has 2 aromatic carbocycles. The maximum Gasteiger partial charge on any atom is 0.0991 e. The summed E-state index contributed by atoms with van der Waals surface area (Å²) in [5.41, 5.74) is 10.0. The highest BCUT2D eigenvalue weighted by Gasteiger charge is 2.08. The van der Waals surface area contributed by atoms with Gasteiger partial charge >= 0.3 is 0 Å². The number of aromatic nitrogens is 1. The largest absolute Gasteiger partial charge is 0.343 e. The Bertz CT molecular complexity index is 809. The molecule has 0 saturated carbocycles. The Balaban J connectivity index is 2.02. The number of rotatable bonds is 4. The van der Waals surface area contributed by atoms with Crippen LogP contribution in [0.5, 0.6) is 0 Å². The van der Waals surface area contributed by atoms with Crippen molar-refractivity contribution < 1.29 is 0 Å². The molecule has 0 aliphatic carbocycles. The van der Waals surface area contributed by atoms with Gasteiger partial charge in [-0.2, -0.15) is 5.26 Å². The van der Waals surface area contributed by atoms with Crippen LogP contribution in [-0.2, 0) is 13.0 Å². The third-order valence-electron chi connectivity index (χ3n) is 3.69. The van der Waals surface area contributed by atoms with Gasteiger partial charge in [0, 0.05) is 23.6 Å². The Morgan fingerprint density at radius 3 is 2.76 bits per heavy atom. The van der Waals surface area contributed by atoms with Crippen LogP contribution < -0.4 is 5.73 Å². The van der Waals surface area contributed by atoms with Crippen LogP contribution in [0.15, 0.2) is 54.7 Å². The number of benzene rings is 2. The summed E-state index contributed by atoms with van der Waals surface area (Å²) in [6.45, 7) is 1.42. The third-order valence-corrected chi connectivity index (χ3v) is 3.69. The van der Waals surface area contributed by atoms with E-state index in [0.29, 0.717) is 12.1 Å². The van der Waals surface area contributed by atoms with Gasteiger partial charge in [0.25, 0.3) is 0 Å². The Morgan fingerprint density at radius 1 is 1.10 bits per heavy atom. The molecule has 0 amide bonds. The monoisotopic (exact) mass is 275 g/mol. The minimum atomic E-state index is 0.651. The second kappa shape index (κ2) is 5.82. The fraction of sp³-hybridized carbons (Fsp3) is 0.167. The predicted molar refractivity (Wildman–Crippen MR) is 85.0 cm³/mol. The topological polar surface area (TPSA) is 54.7 Å². The average Bonchev–Trinajstić information content (AvgIpc) is 2.86. The van der Waals surface area contributed by atoms with Crippen molar-refractivity contribution >= 4 is 10.9 Å². The Hall–Kier alpha value is -2.57. The number of nitrogens with zero attached hydrogens (tertiary/aromatic N) is 2. The van der Waals surface area contributed by atoms with Crippen molar-refractivity contribution in [2.45, 2.75) is 13.0 Å². The minimum Gasteiger partial charge on any atom is -0.343 e. The van der Waals surface area contributed by atoms with Crippen LogP contribution in [-0.4, -0.2) is 11.1 Å². The number of hydrogen-bond donors (Lipinski definition) is 1. The molecule has 3 rings (SSSR count). The zero-order valence-corrected chi connectivity index (χ0v) is 11.8. The summed E-state index contributed by atoms with van der Waals surface area (Å²) in [6, 6.07) is 18.3. The molecule has 1 aromatic heterocycles. The van der Waals surface area contributed by atoms with E-state index in [0.717, 1.165) is 18.5 Å². The molecule has 0 unspecified atom stereocenters. The Labute approximate surface area is 124 Å². The van der Waals surface area contributed by atoms with Crippen molar-refractivity contribution in [3.8, 4) is 6.07 Å². The van der Waals surface area contributed by atoms with Gasteiger partial charge in [-0.3, -0.25) is 0 Å². The standard InChI is InChI=1S/C18H17N3/c19-9-8-16-13-21(18-7-2-1-6-17(16)18)12-15-5-3-4-14(10-15)11-20/h1-7,10,13H,8-9,12,19H2. The summed E-state index contributed by atoms with van der Waals surface area (Å²) >= 11 is 0. The molecule has 0 aliphatic rings. The minimum absolute atomic E-state index is 0.651. The number of para-hydroxylation sites is 1. The van der Waals surface area contributed by atoms with Gasteiger partial charge in [0.05, 0.1) is 11.6 Å². The average molecular weight is 275 g/mol. The first-order valence-electron chi connectivity index (χ1n) is 7.07. The van der Waals surface area contributed by atoms with Crippen molar-refractivity contribution in [2.75, 3.05) is 6.54 Å². The summed E-state index contributed by atoms with van der Waals surface area (Å²) in [6.07, 6.45) is 3.06. The van der Waals surface area contributed by atoms with Crippen LogP contribution in [0, 0.1) is 11.3 Å². The number of nitrogens with two attached hydrogens (primary N) is 1. The normalized spacial score (nSPS) is 10.7. The van der Waals surface area contributed by atoms with Crippen molar-refractivity contribution in [1.29, 1.82) is 5.26 Å². The zero-order valence-electron chi connectivity index (χ0n) is 11.8. The van der Waals surface area contributed by atoms with Crippen LogP contribution >= 0.6 is 0 Å². The van der Waals surface area contributed by atoms with E-state index in [1.54, 1.807) is 0 Å². The SMILES string of the molecule is N#Cc1cccc(Cn2cc(CCN)c3ccccc32)c1. The van der Waals surface area contributed by atoms with E-state index in [-0.39, 0.29) is 0 Å². The zero-order chi connectivity index (χ0) is 14.7. The molecule has 0 bridgehead atoms. The Morgan fingerprint density at radius 2 is 1.95 bits per heavy atom. The number of fused-ring (bicyclic) bond motifs is 1. The van der Waals surface area contributed by atoms with Crippen LogP contribution in [0.3, 0.4) is 0 Å². The first kappa shape index (κ1) is 13.4. The number of hydrogen-bond acceptors (Lipinski definition) is 2. The highest BCUT2D eigenvalue weighted by atomic mass is 15.0.